The van der Waals surface area contributed by atoms with Gasteiger partial charge in [-0.1, -0.05) is 29.8 Å². The quantitative estimate of drug-likeness (QED) is 0.922. The molecule has 2 nitrogen and oxygen atoms in total. The van der Waals surface area contributed by atoms with Crippen LogP contribution < -0.4 is 0 Å². The van der Waals surface area contributed by atoms with E-state index in [-0.39, 0.29) is 11.5 Å². The normalized spacial score (nSPS) is 20.3. The smallest absolute Gasteiger partial charge is 0.307 e. The van der Waals surface area contributed by atoms with E-state index in [9.17, 15) is 13.6 Å². The van der Waals surface area contributed by atoms with Crippen LogP contribution in [0.15, 0.2) is 36.4 Å². The number of halogens is 2. The molecular weight excluding hydrogens is 274 g/mol. The molecule has 1 aliphatic rings. The predicted octanol–water partition coefficient (Wildman–Crippen LogP) is 4.13. The van der Waals surface area contributed by atoms with Gasteiger partial charge < -0.3 is 5.11 Å². The van der Waals surface area contributed by atoms with E-state index in [4.69, 9.17) is 5.11 Å². The van der Waals surface area contributed by atoms with Crippen LogP contribution in [0.1, 0.15) is 23.5 Å². The highest BCUT2D eigenvalue weighted by molar-refractivity contribution is 5.78. The fourth-order valence-corrected chi connectivity index (χ4v) is 2.78. The van der Waals surface area contributed by atoms with E-state index in [0.717, 1.165) is 5.56 Å². The highest BCUT2D eigenvalue weighted by Crippen LogP contribution is 2.51. The monoisotopic (exact) mass is 288 g/mol. The fraction of sp³-hybridized carbons (Fsp3) is 0.235. The number of carboxylic acids is 1. The SMILES string of the molecule is Cc1ccc(C2CC2C(=O)O)c(-c2c(F)cccc2F)c1. The molecule has 2 aromatic carbocycles. The van der Waals surface area contributed by atoms with Crippen molar-refractivity contribution in [2.75, 3.05) is 0 Å². The van der Waals surface area contributed by atoms with E-state index in [1.54, 1.807) is 12.1 Å². The second-order valence-corrected chi connectivity index (χ2v) is 5.47. The summed E-state index contributed by atoms with van der Waals surface area (Å²) in [7, 11) is 0. The average molecular weight is 288 g/mol. The van der Waals surface area contributed by atoms with Crippen LogP contribution in [0.4, 0.5) is 8.78 Å². The van der Waals surface area contributed by atoms with Crippen LogP contribution in [0.5, 0.6) is 0 Å². The molecule has 0 spiro atoms. The summed E-state index contributed by atoms with van der Waals surface area (Å²) in [4.78, 5) is 11.0. The molecule has 1 aliphatic carbocycles. The standard InChI is InChI=1S/C17H14F2O2/c1-9-5-6-10(11-8-13(11)17(20)21)12(7-9)16-14(18)3-2-4-15(16)19/h2-7,11,13H,8H2,1H3,(H,20,21). The van der Waals surface area contributed by atoms with Gasteiger partial charge in [-0.3, -0.25) is 4.79 Å². The van der Waals surface area contributed by atoms with Crippen molar-refractivity contribution in [3.8, 4) is 11.1 Å². The molecule has 2 atom stereocenters. The number of hydrogen-bond donors (Lipinski definition) is 1. The zero-order valence-electron chi connectivity index (χ0n) is 11.4. The molecule has 1 fully saturated rings. The van der Waals surface area contributed by atoms with Crippen molar-refractivity contribution >= 4 is 5.97 Å². The number of aliphatic carboxylic acids is 1. The Labute approximate surface area is 121 Å². The minimum absolute atomic E-state index is 0.0766. The second-order valence-electron chi connectivity index (χ2n) is 5.47. The maximum absolute atomic E-state index is 14.0. The maximum Gasteiger partial charge on any atom is 0.307 e. The van der Waals surface area contributed by atoms with Crippen molar-refractivity contribution < 1.29 is 18.7 Å². The van der Waals surface area contributed by atoms with Crippen LogP contribution in [0.2, 0.25) is 0 Å². The molecule has 2 unspecified atom stereocenters. The molecule has 0 bridgehead atoms. The summed E-state index contributed by atoms with van der Waals surface area (Å²) in [6.45, 7) is 1.84. The first-order valence-electron chi connectivity index (χ1n) is 6.76. The van der Waals surface area contributed by atoms with Crippen LogP contribution in [0.25, 0.3) is 11.1 Å². The van der Waals surface area contributed by atoms with Gasteiger partial charge in [0.25, 0.3) is 0 Å². The molecule has 0 radical (unpaired) electrons. The lowest BCUT2D eigenvalue weighted by molar-refractivity contribution is -0.138. The topological polar surface area (TPSA) is 37.3 Å². The van der Waals surface area contributed by atoms with Crippen molar-refractivity contribution in [3.63, 3.8) is 0 Å². The van der Waals surface area contributed by atoms with E-state index in [1.165, 1.54) is 18.2 Å². The van der Waals surface area contributed by atoms with Gasteiger partial charge in [-0.05, 0) is 42.5 Å². The van der Waals surface area contributed by atoms with Gasteiger partial charge in [0, 0.05) is 0 Å². The first kappa shape index (κ1) is 13.7. The van der Waals surface area contributed by atoms with Crippen molar-refractivity contribution in [3.05, 3.63) is 59.2 Å². The number of aryl methyl sites for hydroxylation is 1. The number of carbonyl (C=O) groups is 1. The minimum Gasteiger partial charge on any atom is -0.481 e. The number of hydrogen-bond acceptors (Lipinski definition) is 1. The minimum atomic E-state index is -0.861. The van der Waals surface area contributed by atoms with Gasteiger partial charge in [0.1, 0.15) is 11.6 Å². The van der Waals surface area contributed by atoms with Gasteiger partial charge in [-0.2, -0.15) is 0 Å². The summed E-state index contributed by atoms with van der Waals surface area (Å²) in [5.74, 6) is -2.75. The Morgan fingerprint density at radius 3 is 2.43 bits per heavy atom. The van der Waals surface area contributed by atoms with Gasteiger partial charge in [0.2, 0.25) is 0 Å². The molecular formula is C17H14F2O2. The van der Waals surface area contributed by atoms with Crippen LogP contribution in [-0.4, -0.2) is 11.1 Å². The Bertz CT molecular complexity index is 704. The Hall–Kier alpha value is -2.23. The van der Waals surface area contributed by atoms with E-state index in [1.807, 2.05) is 13.0 Å². The van der Waals surface area contributed by atoms with Crippen molar-refractivity contribution in [2.24, 2.45) is 5.92 Å². The third-order valence-corrected chi connectivity index (χ3v) is 3.95. The Kier molecular flexibility index (Phi) is 3.24. The van der Waals surface area contributed by atoms with Crippen molar-refractivity contribution in [2.45, 2.75) is 19.3 Å². The maximum atomic E-state index is 14.0. The van der Waals surface area contributed by atoms with E-state index in [0.29, 0.717) is 17.5 Å². The summed E-state index contributed by atoms with van der Waals surface area (Å²) in [6.07, 6.45) is 0.515. The predicted molar refractivity (Wildman–Crippen MR) is 75.0 cm³/mol. The van der Waals surface area contributed by atoms with Crippen LogP contribution >= 0.6 is 0 Å². The van der Waals surface area contributed by atoms with Crippen molar-refractivity contribution in [1.82, 2.24) is 0 Å². The largest absolute Gasteiger partial charge is 0.481 e. The second kappa shape index (κ2) is 4.95. The van der Waals surface area contributed by atoms with E-state index < -0.39 is 23.5 Å². The molecule has 3 rings (SSSR count). The molecule has 4 heteroatoms. The summed E-state index contributed by atoms with van der Waals surface area (Å²) >= 11 is 0. The molecule has 0 saturated heterocycles. The third-order valence-electron chi connectivity index (χ3n) is 3.95. The molecule has 108 valence electrons. The third kappa shape index (κ3) is 2.42. The molecule has 0 heterocycles. The Morgan fingerprint density at radius 2 is 1.86 bits per heavy atom. The van der Waals surface area contributed by atoms with E-state index in [2.05, 4.69) is 0 Å². The average Bonchev–Trinajstić information content (AvgIpc) is 3.19. The lowest BCUT2D eigenvalue weighted by Crippen LogP contribution is -2.01. The Morgan fingerprint density at radius 1 is 1.19 bits per heavy atom. The van der Waals surface area contributed by atoms with Gasteiger partial charge >= 0.3 is 5.97 Å². The molecule has 1 N–H and O–H groups in total. The fourth-order valence-electron chi connectivity index (χ4n) is 2.78. The van der Waals surface area contributed by atoms with Crippen LogP contribution in [-0.2, 0) is 4.79 Å². The zero-order chi connectivity index (χ0) is 15.1. The van der Waals surface area contributed by atoms with E-state index >= 15 is 0 Å². The molecule has 0 aromatic heterocycles. The molecule has 2 aromatic rings. The van der Waals surface area contributed by atoms with Gasteiger partial charge in [0.15, 0.2) is 0 Å². The lowest BCUT2D eigenvalue weighted by atomic mass is 9.93. The first-order valence-corrected chi connectivity index (χ1v) is 6.76. The van der Waals surface area contributed by atoms with Crippen LogP contribution in [0, 0.1) is 24.5 Å². The summed E-state index contributed by atoms with van der Waals surface area (Å²) in [5, 5.41) is 9.06. The molecule has 21 heavy (non-hydrogen) atoms. The summed E-state index contributed by atoms with van der Waals surface area (Å²) < 4.78 is 28.1. The van der Waals surface area contributed by atoms with Gasteiger partial charge in [-0.25, -0.2) is 8.78 Å². The van der Waals surface area contributed by atoms with Gasteiger partial charge in [-0.15, -0.1) is 0 Å². The first-order chi connectivity index (χ1) is 9.99. The molecule has 0 amide bonds. The van der Waals surface area contributed by atoms with Crippen molar-refractivity contribution in [1.29, 1.82) is 0 Å². The lowest BCUT2D eigenvalue weighted by Gasteiger charge is -2.12. The Balaban J connectivity index is 2.14. The van der Waals surface area contributed by atoms with Gasteiger partial charge in [0.05, 0.1) is 11.5 Å². The number of benzene rings is 2. The molecule has 1 saturated carbocycles. The highest BCUT2D eigenvalue weighted by atomic mass is 19.1. The summed E-state index contributed by atoms with van der Waals surface area (Å²) in [6, 6.07) is 9.09. The highest BCUT2D eigenvalue weighted by Gasteiger charge is 2.45. The molecule has 0 aliphatic heterocycles. The number of rotatable bonds is 3. The summed E-state index contributed by atoms with van der Waals surface area (Å²) in [5.41, 5.74) is 1.97. The number of carboxylic acid groups (broad SMARTS) is 1. The van der Waals surface area contributed by atoms with Crippen LogP contribution in [0.3, 0.4) is 0 Å². The zero-order valence-corrected chi connectivity index (χ0v) is 11.4.